The molecule has 1 N–H and O–H groups in total. The maximum atomic E-state index is 11.8. The molecule has 1 aromatic carbocycles. The lowest BCUT2D eigenvalue weighted by atomic mass is 10.2. The first kappa shape index (κ1) is 18.7. The Morgan fingerprint density at radius 2 is 1.84 bits per heavy atom. The largest absolute Gasteiger partial charge is 0.462 e. The fraction of sp³-hybridized carbons (Fsp3) is 0.278. The summed E-state index contributed by atoms with van der Waals surface area (Å²) >= 11 is 1.46. The van der Waals surface area contributed by atoms with Crippen molar-refractivity contribution in [2.45, 2.75) is 19.8 Å². The lowest BCUT2D eigenvalue weighted by molar-refractivity contribution is -0.146. The molecule has 0 aliphatic rings. The molecule has 7 heteroatoms. The Morgan fingerprint density at radius 1 is 1.08 bits per heavy atom. The van der Waals surface area contributed by atoms with Gasteiger partial charge in [0.25, 0.3) is 5.91 Å². The van der Waals surface area contributed by atoms with Gasteiger partial charge < -0.3 is 14.8 Å². The second kappa shape index (κ2) is 9.58. The van der Waals surface area contributed by atoms with Crippen LogP contribution in [0.25, 0.3) is 0 Å². The van der Waals surface area contributed by atoms with E-state index in [2.05, 4.69) is 5.32 Å². The average Bonchev–Trinajstić information content (AvgIpc) is 3.11. The SMILES string of the molecule is CCCOC(=O)c1ccc(NC(=O)COC(=O)Cc2cccs2)cc1. The molecule has 0 unspecified atom stereocenters. The highest BCUT2D eigenvalue weighted by Gasteiger charge is 2.10. The third-order valence-corrected chi connectivity index (χ3v) is 3.98. The van der Waals surface area contributed by atoms with Gasteiger partial charge in [0.1, 0.15) is 0 Å². The predicted molar refractivity (Wildman–Crippen MR) is 94.6 cm³/mol. The van der Waals surface area contributed by atoms with E-state index < -0.39 is 17.8 Å². The van der Waals surface area contributed by atoms with E-state index >= 15 is 0 Å². The predicted octanol–water partition coefficient (Wildman–Crippen LogP) is 3.04. The van der Waals surface area contributed by atoms with Crippen LogP contribution in [0.5, 0.6) is 0 Å². The van der Waals surface area contributed by atoms with Crippen molar-refractivity contribution in [1.29, 1.82) is 0 Å². The van der Waals surface area contributed by atoms with Crippen LogP contribution < -0.4 is 5.32 Å². The second-order valence-electron chi connectivity index (χ2n) is 5.18. The number of carbonyl (C=O) groups excluding carboxylic acids is 3. The van der Waals surface area contributed by atoms with Crippen molar-refractivity contribution in [1.82, 2.24) is 0 Å². The van der Waals surface area contributed by atoms with Gasteiger partial charge in [-0.1, -0.05) is 13.0 Å². The van der Waals surface area contributed by atoms with Crippen LogP contribution in [0.2, 0.25) is 0 Å². The zero-order valence-electron chi connectivity index (χ0n) is 13.8. The normalized spacial score (nSPS) is 10.1. The highest BCUT2D eigenvalue weighted by atomic mass is 32.1. The molecule has 0 radical (unpaired) electrons. The van der Waals surface area contributed by atoms with Gasteiger partial charge in [-0.2, -0.15) is 0 Å². The van der Waals surface area contributed by atoms with Crippen molar-refractivity contribution in [3.05, 3.63) is 52.2 Å². The van der Waals surface area contributed by atoms with Crippen molar-refractivity contribution in [2.75, 3.05) is 18.5 Å². The highest BCUT2D eigenvalue weighted by molar-refractivity contribution is 7.10. The number of esters is 2. The van der Waals surface area contributed by atoms with Crippen LogP contribution in [0.4, 0.5) is 5.69 Å². The number of amides is 1. The first-order valence-electron chi connectivity index (χ1n) is 7.83. The summed E-state index contributed by atoms with van der Waals surface area (Å²) in [6.07, 6.45) is 0.907. The van der Waals surface area contributed by atoms with Gasteiger partial charge in [-0.3, -0.25) is 9.59 Å². The number of hydrogen-bond donors (Lipinski definition) is 1. The summed E-state index contributed by atoms with van der Waals surface area (Å²) in [5, 5.41) is 4.47. The molecule has 132 valence electrons. The number of ether oxygens (including phenoxy) is 2. The third-order valence-electron chi connectivity index (χ3n) is 3.10. The molecule has 25 heavy (non-hydrogen) atoms. The molecule has 6 nitrogen and oxygen atoms in total. The van der Waals surface area contributed by atoms with Gasteiger partial charge in [0, 0.05) is 10.6 Å². The lowest BCUT2D eigenvalue weighted by Crippen LogP contribution is -2.21. The summed E-state index contributed by atoms with van der Waals surface area (Å²) in [6, 6.07) is 10.00. The van der Waals surface area contributed by atoms with E-state index in [-0.39, 0.29) is 13.0 Å². The lowest BCUT2D eigenvalue weighted by Gasteiger charge is -2.07. The Balaban J connectivity index is 1.76. The van der Waals surface area contributed by atoms with Crippen molar-refractivity contribution >= 4 is 34.9 Å². The second-order valence-corrected chi connectivity index (χ2v) is 6.21. The molecular weight excluding hydrogens is 342 g/mol. The number of carbonyl (C=O) groups is 3. The van der Waals surface area contributed by atoms with E-state index in [4.69, 9.17) is 9.47 Å². The smallest absolute Gasteiger partial charge is 0.338 e. The fourth-order valence-electron chi connectivity index (χ4n) is 1.92. The molecule has 2 aromatic rings. The number of rotatable bonds is 8. The maximum absolute atomic E-state index is 11.8. The Bertz CT molecular complexity index is 710. The molecule has 1 heterocycles. The number of hydrogen-bond acceptors (Lipinski definition) is 6. The molecular formula is C18H19NO5S. The zero-order chi connectivity index (χ0) is 18.1. The highest BCUT2D eigenvalue weighted by Crippen LogP contribution is 2.11. The van der Waals surface area contributed by atoms with Gasteiger partial charge >= 0.3 is 11.9 Å². The first-order chi connectivity index (χ1) is 12.1. The Kier molecular flexibility index (Phi) is 7.16. The van der Waals surface area contributed by atoms with Crippen molar-refractivity contribution < 1.29 is 23.9 Å². The van der Waals surface area contributed by atoms with Crippen LogP contribution in [0.1, 0.15) is 28.6 Å². The van der Waals surface area contributed by atoms with Gasteiger partial charge in [-0.05, 0) is 42.1 Å². The minimum Gasteiger partial charge on any atom is -0.462 e. The molecule has 1 amide bonds. The van der Waals surface area contributed by atoms with E-state index in [1.54, 1.807) is 24.3 Å². The molecule has 0 aliphatic carbocycles. The van der Waals surface area contributed by atoms with Crippen molar-refractivity contribution in [3.63, 3.8) is 0 Å². The van der Waals surface area contributed by atoms with E-state index in [0.29, 0.717) is 17.9 Å². The first-order valence-corrected chi connectivity index (χ1v) is 8.71. The van der Waals surface area contributed by atoms with Crippen LogP contribution in [0, 0.1) is 0 Å². The quantitative estimate of drug-likeness (QED) is 0.731. The minimum atomic E-state index is -0.452. The molecule has 0 saturated heterocycles. The van der Waals surface area contributed by atoms with E-state index in [1.807, 2.05) is 24.4 Å². The summed E-state index contributed by atoms with van der Waals surface area (Å²) in [5.41, 5.74) is 0.917. The van der Waals surface area contributed by atoms with E-state index in [0.717, 1.165) is 11.3 Å². The maximum Gasteiger partial charge on any atom is 0.338 e. The minimum absolute atomic E-state index is 0.152. The molecule has 0 bridgehead atoms. The Morgan fingerprint density at radius 3 is 2.48 bits per heavy atom. The Labute approximate surface area is 149 Å². The monoisotopic (exact) mass is 361 g/mol. The number of thiophene rings is 1. The van der Waals surface area contributed by atoms with Gasteiger partial charge in [0.05, 0.1) is 18.6 Å². The molecule has 1 aromatic heterocycles. The topological polar surface area (TPSA) is 81.7 Å². The summed E-state index contributed by atoms with van der Waals surface area (Å²) in [5.74, 6) is -1.30. The summed E-state index contributed by atoms with van der Waals surface area (Å²) < 4.78 is 9.96. The molecule has 0 spiro atoms. The average molecular weight is 361 g/mol. The fourth-order valence-corrected chi connectivity index (χ4v) is 2.61. The molecule has 0 fully saturated rings. The number of benzene rings is 1. The van der Waals surface area contributed by atoms with Crippen LogP contribution in [-0.4, -0.2) is 31.1 Å². The molecule has 0 aliphatic heterocycles. The summed E-state index contributed by atoms with van der Waals surface area (Å²) in [6.45, 7) is 1.93. The van der Waals surface area contributed by atoms with Crippen LogP contribution in [0.15, 0.2) is 41.8 Å². The zero-order valence-corrected chi connectivity index (χ0v) is 14.6. The number of nitrogens with one attached hydrogen (secondary N) is 1. The van der Waals surface area contributed by atoms with Crippen LogP contribution in [0.3, 0.4) is 0 Å². The number of anilines is 1. The van der Waals surface area contributed by atoms with Gasteiger partial charge in [-0.25, -0.2) is 4.79 Å². The standard InChI is InChI=1S/C18H19NO5S/c1-2-9-23-18(22)13-5-7-14(8-6-13)19-16(20)12-24-17(21)11-15-4-3-10-25-15/h3-8,10H,2,9,11-12H2,1H3,(H,19,20). The van der Waals surface area contributed by atoms with Crippen LogP contribution >= 0.6 is 11.3 Å². The molecule has 0 saturated carbocycles. The van der Waals surface area contributed by atoms with Gasteiger partial charge in [0.15, 0.2) is 6.61 Å². The molecule has 2 rings (SSSR count). The third kappa shape index (κ3) is 6.39. The summed E-state index contributed by atoms with van der Waals surface area (Å²) in [4.78, 5) is 36.0. The van der Waals surface area contributed by atoms with Gasteiger partial charge in [0.2, 0.25) is 0 Å². The van der Waals surface area contributed by atoms with Crippen LogP contribution in [-0.2, 0) is 25.5 Å². The van der Waals surface area contributed by atoms with E-state index in [1.165, 1.54) is 11.3 Å². The summed E-state index contributed by atoms with van der Waals surface area (Å²) in [7, 11) is 0. The molecule has 0 atom stereocenters. The van der Waals surface area contributed by atoms with Crippen molar-refractivity contribution in [2.24, 2.45) is 0 Å². The Hall–Kier alpha value is -2.67. The van der Waals surface area contributed by atoms with E-state index in [9.17, 15) is 14.4 Å². The van der Waals surface area contributed by atoms with Crippen molar-refractivity contribution in [3.8, 4) is 0 Å². The van der Waals surface area contributed by atoms with Gasteiger partial charge in [-0.15, -0.1) is 11.3 Å².